The monoisotopic (exact) mass is 372 g/mol. The van der Waals surface area contributed by atoms with E-state index in [1.807, 2.05) is 26.1 Å². The summed E-state index contributed by atoms with van der Waals surface area (Å²) in [6, 6.07) is 6.06. The SMILES string of the molecule is CCNC(=NCc1ncnn1C)NCCOc1cccc2c1OC(C)(C)C2. The summed E-state index contributed by atoms with van der Waals surface area (Å²) >= 11 is 0. The van der Waals surface area contributed by atoms with Gasteiger partial charge in [-0.2, -0.15) is 5.10 Å². The Morgan fingerprint density at radius 3 is 2.96 bits per heavy atom. The van der Waals surface area contributed by atoms with Crippen LogP contribution in [-0.4, -0.2) is 46.0 Å². The van der Waals surface area contributed by atoms with Gasteiger partial charge in [0.2, 0.25) is 0 Å². The van der Waals surface area contributed by atoms with Crippen molar-refractivity contribution in [3.63, 3.8) is 0 Å². The maximum Gasteiger partial charge on any atom is 0.191 e. The number of aromatic nitrogens is 3. The fraction of sp³-hybridized carbons (Fsp3) is 0.526. The van der Waals surface area contributed by atoms with Gasteiger partial charge in [0.25, 0.3) is 0 Å². The van der Waals surface area contributed by atoms with Crippen LogP contribution >= 0.6 is 0 Å². The second-order valence-electron chi connectivity index (χ2n) is 7.05. The summed E-state index contributed by atoms with van der Waals surface area (Å²) in [4.78, 5) is 8.71. The van der Waals surface area contributed by atoms with Crippen LogP contribution in [0.2, 0.25) is 0 Å². The van der Waals surface area contributed by atoms with Crippen LogP contribution in [0.4, 0.5) is 0 Å². The molecule has 0 fully saturated rings. The Morgan fingerprint density at radius 2 is 2.22 bits per heavy atom. The number of guanidine groups is 1. The number of hydrogen-bond acceptors (Lipinski definition) is 5. The van der Waals surface area contributed by atoms with Crippen LogP contribution in [-0.2, 0) is 20.0 Å². The van der Waals surface area contributed by atoms with Crippen molar-refractivity contribution in [2.45, 2.75) is 39.3 Å². The minimum Gasteiger partial charge on any atom is -0.488 e. The van der Waals surface area contributed by atoms with Crippen LogP contribution in [0.15, 0.2) is 29.5 Å². The molecule has 0 bridgehead atoms. The lowest BCUT2D eigenvalue weighted by atomic mass is 10.0. The number of rotatable bonds is 7. The lowest BCUT2D eigenvalue weighted by Gasteiger charge is -2.18. The Bertz CT molecular complexity index is 799. The van der Waals surface area contributed by atoms with Crippen molar-refractivity contribution in [3.05, 3.63) is 35.9 Å². The number of benzene rings is 1. The van der Waals surface area contributed by atoms with Crippen LogP contribution in [0, 0.1) is 0 Å². The molecule has 0 unspecified atom stereocenters. The molecule has 1 aliphatic rings. The molecule has 0 spiro atoms. The molecule has 0 saturated heterocycles. The quantitative estimate of drug-likeness (QED) is 0.437. The molecular formula is C19H28N6O2. The van der Waals surface area contributed by atoms with E-state index in [1.54, 1.807) is 4.68 Å². The second-order valence-corrected chi connectivity index (χ2v) is 7.05. The third kappa shape index (κ3) is 4.90. The fourth-order valence-electron chi connectivity index (χ4n) is 2.99. The van der Waals surface area contributed by atoms with Gasteiger partial charge in [0.1, 0.15) is 30.9 Å². The van der Waals surface area contributed by atoms with Gasteiger partial charge in [-0.1, -0.05) is 12.1 Å². The van der Waals surface area contributed by atoms with Gasteiger partial charge in [0, 0.05) is 25.6 Å². The highest BCUT2D eigenvalue weighted by Gasteiger charge is 2.32. The standard InChI is InChI=1S/C19H28N6O2/c1-5-20-18(22-12-16-23-13-24-25(16)4)21-9-10-26-15-8-6-7-14-11-19(2,3)27-17(14)15/h6-8,13H,5,9-12H2,1-4H3,(H2,20,21,22). The van der Waals surface area contributed by atoms with Crippen molar-refractivity contribution in [1.82, 2.24) is 25.4 Å². The molecule has 0 aliphatic carbocycles. The summed E-state index contributed by atoms with van der Waals surface area (Å²) in [6.07, 6.45) is 2.43. The van der Waals surface area contributed by atoms with E-state index in [0.717, 1.165) is 36.2 Å². The smallest absolute Gasteiger partial charge is 0.191 e. The number of aryl methyl sites for hydroxylation is 1. The fourth-order valence-corrected chi connectivity index (χ4v) is 2.99. The van der Waals surface area contributed by atoms with Gasteiger partial charge in [-0.15, -0.1) is 0 Å². The molecule has 146 valence electrons. The number of ether oxygens (including phenoxy) is 2. The lowest BCUT2D eigenvalue weighted by molar-refractivity contribution is 0.132. The van der Waals surface area contributed by atoms with E-state index in [4.69, 9.17) is 9.47 Å². The van der Waals surface area contributed by atoms with Gasteiger partial charge < -0.3 is 20.1 Å². The number of nitrogens with zero attached hydrogens (tertiary/aromatic N) is 4. The van der Waals surface area contributed by atoms with E-state index < -0.39 is 0 Å². The van der Waals surface area contributed by atoms with E-state index in [1.165, 1.54) is 11.9 Å². The van der Waals surface area contributed by atoms with Crippen molar-refractivity contribution >= 4 is 5.96 Å². The molecule has 1 aromatic carbocycles. The lowest BCUT2D eigenvalue weighted by Crippen LogP contribution is -2.39. The van der Waals surface area contributed by atoms with Gasteiger partial charge in [-0.05, 0) is 26.8 Å². The molecule has 3 rings (SSSR count). The predicted octanol–water partition coefficient (Wildman–Crippen LogP) is 1.66. The number of fused-ring (bicyclic) bond motifs is 1. The molecule has 0 saturated carbocycles. The Morgan fingerprint density at radius 1 is 1.37 bits per heavy atom. The van der Waals surface area contributed by atoms with Crippen molar-refractivity contribution < 1.29 is 9.47 Å². The Hall–Kier alpha value is -2.77. The molecule has 8 heteroatoms. The van der Waals surface area contributed by atoms with Crippen LogP contribution in [0.5, 0.6) is 11.5 Å². The van der Waals surface area contributed by atoms with Crippen molar-refractivity contribution in [2.75, 3.05) is 19.7 Å². The zero-order valence-electron chi connectivity index (χ0n) is 16.5. The van der Waals surface area contributed by atoms with Crippen LogP contribution < -0.4 is 20.1 Å². The molecule has 27 heavy (non-hydrogen) atoms. The average molecular weight is 372 g/mol. The van der Waals surface area contributed by atoms with Crippen LogP contribution in [0.1, 0.15) is 32.2 Å². The molecule has 1 aromatic heterocycles. The second kappa shape index (κ2) is 8.28. The Balaban J connectivity index is 1.52. The normalized spacial score (nSPS) is 15.2. The number of aliphatic imine (C=N–C) groups is 1. The number of para-hydroxylation sites is 1. The first-order valence-corrected chi connectivity index (χ1v) is 9.27. The molecule has 0 atom stereocenters. The van der Waals surface area contributed by atoms with Crippen LogP contribution in [0.3, 0.4) is 0 Å². The van der Waals surface area contributed by atoms with Gasteiger partial charge in [-0.3, -0.25) is 4.68 Å². The Kier molecular flexibility index (Phi) is 5.83. The molecular weight excluding hydrogens is 344 g/mol. The zero-order valence-corrected chi connectivity index (χ0v) is 16.5. The maximum absolute atomic E-state index is 6.04. The molecule has 1 aliphatic heterocycles. The highest BCUT2D eigenvalue weighted by Crippen LogP contribution is 2.41. The first-order valence-electron chi connectivity index (χ1n) is 9.27. The van der Waals surface area contributed by atoms with Gasteiger partial charge in [-0.25, -0.2) is 9.98 Å². The van der Waals surface area contributed by atoms with Gasteiger partial charge in [0.15, 0.2) is 17.5 Å². The maximum atomic E-state index is 6.04. The summed E-state index contributed by atoms with van der Waals surface area (Å²) in [5, 5.41) is 10.5. The van der Waals surface area contributed by atoms with Crippen molar-refractivity contribution in [3.8, 4) is 11.5 Å². The van der Waals surface area contributed by atoms with E-state index >= 15 is 0 Å². The minimum absolute atomic E-state index is 0.176. The van der Waals surface area contributed by atoms with E-state index in [-0.39, 0.29) is 5.60 Å². The van der Waals surface area contributed by atoms with Crippen LogP contribution in [0.25, 0.3) is 0 Å². The average Bonchev–Trinajstić information content (AvgIpc) is 3.17. The van der Waals surface area contributed by atoms with Gasteiger partial charge in [0.05, 0.1) is 6.54 Å². The summed E-state index contributed by atoms with van der Waals surface area (Å²) in [6.45, 7) is 8.58. The molecule has 0 amide bonds. The largest absolute Gasteiger partial charge is 0.488 e. The first kappa shape index (κ1) is 19.0. The van der Waals surface area contributed by atoms with E-state index in [0.29, 0.717) is 19.7 Å². The molecule has 2 heterocycles. The Labute approximate surface area is 160 Å². The third-order valence-corrected chi connectivity index (χ3v) is 4.24. The summed E-state index contributed by atoms with van der Waals surface area (Å²) in [5.41, 5.74) is 1.02. The first-order chi connectivity index (χ1) is 13.0. The molecule has 2 aromatic rings. The molecule has 0 radical (unpaired) electrons. The highest BCUT2D eigenvalue weighted by molar-refractivity contribution is 5.79. The number of hydrogen-bond donors (Lipinski definition) is 2. The summed E-state index contributed by atoms with van der Waals surface area (Å²) < 4.78 is 13.7. The molecule has 2 N–H and O–H groups in total. The van der Waals surface area contributed by atoms with Crippen molar-refractivity contribution in [1.29, 1.82) is 0 Å². The minimum atomic E-state index is -0.176. The van der Waals surface area contributed by atoms with Gasteiger partial charge >= 0.3 is 0 Å². The van der Waals surface area contributed by atoms with E-state index in [2.05, 4.69) is 45.6 Å². The highest BCUT2D eigenvalue weighted by atomic mass is 16.5. The third-order valence-electron chi connectivity index (χ3n) is 4.24. The predicted molar refractivity (Wildman–Crippen MR) is 104 cm³/mol. The number of nitrogens with one attached hydrogen (secondary N) is 2. The summed E-state index contributed by atoms with van der Waals surface area (Å²) in [5.74, 6) is 3.19. The van der Waals surface area contributed by atoms with E-state index in [9.17, 15) is 0 Å². The van der Waals surface area contributed by atoms with Crippen molar-refractivity contribution in [2.24, 2.45) is 12.0 Å². The summed E-state index contributed by atoms with van der Waals surface area (Å²) in [7, 11) is 1.85. The molecule has 8 nitrogen and oxygen atoms in total. The topological polar surface area (TPSA) is 85.6 Å². The zero-order chi connectivity index (χ0) is 19.3.